The minimum atomic E-state index is -3.34. The Kier molecular flexibility index (Phi) is 4.96. The molecule has 0 spiro atoms. The van der Waals surface area contributed by atoms with Crippen LogP contribution >= 0.6 is 0 Å². The highest BCUT2D eigenvalue weighted by molar-refractivity contribution is 7.91. The van der Waals surface area contributed by atoms with Gasteiger partial charge in [0.15, 0.2) is 9.84 Å². The predicted octanol–water partition coefficient (Wildman–Crippen LogP) is 1.72. The third kappa shape index (κ3) is 4.36. The third-order valence-corrected chi connectivity index (χ3v) is 3.95. The Morgan fingerprint density at radius 1 is 1.29 bits per heavy atom. The molecule has 0 saturated heterocycles. The minimum absolute atomic E-state index is 0.0338. The smallest absolute Gasteiger partial charge is 0.182 e. The fraction of sp³-hybridized carbons (Fsp3) is 0.500. The lowest BCUT2D eigenvalue weighted by Gasteiger charge is -2.09. The molecule has 0 unspecified atom stereocenters. The molecule has 17 heavy (non-hydrogen) atoms. The zero-order valence-corrected chi connectivity index (χ0v) is 11.0. The number of sulfone groups is 1. The van der Waals surface area contributed by atoms with E-state index in [0.29, 0.717) is 12.5 Å². The second-order valence-electron chi connectivity index (χ2n) is 4.33. The van der Waals surface area contributed by atoms with Crippen LogP contribution in [0.5, 0.6) is 0 Å². The van der Waals surface area contributed by atoms with Gasteiger partial charge in [-0.15, -0.1) is 0 Å². The van der Waals surface area contributed by atoms with Crippen molar-refractivity contribution in [2.45, 2.75) is 18.7 Å². The molecule has 0 aliphatic carbocycles. The fourth-order valence-electron chi connectivity index (χ4n) is 1.36. The van der Waals surface area contributed by atoms with Crippen LogP contribution in [0.25, 0.3) is 0 Å². The number of hydrogen-bond acceptors (Lipinski definition) is 4. The van der Waals surface area contributed by atoms with Crippen LogP contribution in [-0.2, 0) is 14.6 Å². The van der Waals surface area contributed by atoms with E-state index < -0.39 is 9.84 Å². The van der Waals surface area contributed by atoms with Crippen molar-refractivity contribution < 1.29 is 13.2 Å². The van der Waals surface area contributed by atoms with E-state index in [4.69, 9.17) is 10.5 Å². The van der Waals surface area contributed by atoms with E-state index >= 15 is 0 Å². The highest BCUT2D eigenvalue weighted by atomic mass is 32.2. The van der Waals surface area contributed by atoms with Crippen molar-refractivity contribution in [1.82, 2.24) is 0 Å². The van der Waals surface area contributed by atoms with E-state index in [2.05, 4.69) is 0 Å². The van der Waals surface area contributed by atoms with Gasteiger partial charge in [0, 0.05) is 6.61 Å². The first-order chi connectivity index (χ1) is 7.93. The molecule has 0 heterocycles. The number of ether oxygens (including phenoxy) is 1. The first-order valence-electron chi connectivity index (χ1n) is 5.58. The van der Waals surface area contributed by atoms with E-state index in [0.717, 1.165) is 0 Å². The molecular weight excluding hydrogens is 238 g/mol. The summed E-state index contributed by atoms with van der Waals surface area (Å²) in [5.41, 5.74) is 5.93. The number of rotatable bonds is 6. The maximum absolute atomic E-state index is 11.9. The molecule has 5 heteroatoms. The van der Waals surface area contributed by atoms with Crippen LogP contribution in [0.1, 0.15) is 13.8 Å². The monoisotopic (exact) mass is 257 g/mol. The van der Waals surface area contributed by atoms with E-state index in [1.165, 1.54) is 6.07 Å². The summed E-state index contributed by atoms with van der Waals surface area (Å²) in [6.07, 6.45) is 0. The quantitative estimate of drug-likeness (QED) is 0.622. The van der Waals surface area contributed by atoms with Crippen molar-refractivity contribution in [3.05, 3.63) is 24.3 Å². The third-order valence-electron chi connectivity index (χ3n) is 2.20. The lowest BCUT2D eigenvalue weighted by molar-refractivity contribution is 0.123. The number of para-hydroxylation sites is 1. The van der Waals surface area contributed by atoms with Crippen LogP contribution in [0.15, 0.2) is 29.2 Å². The Bertz CT molecular complexity index is 455. The Hall–Kier alpha value is -1.07. The summed E-state index contributed by atoms with van der Waals surface area (Å²) in [7, 11) is -3.34. The molecule has 1 aromatic rings. The summed E-state index contributed by atoms with van der Waals surface area (Å²) in [4.78, 5) is 0.188. The first-order valence-corrected chi connectivity index (χ1v) is 7.23. The summed E-state index contributed by atoms with van der Waals surface area (Å²) in [5.74, 6) is 0.369. The molecule has 96 valence electrons. The van der Waals surface area contributed by atoms with Gasteiger partial charge in [-0.2, -0.15) is 0 Å². The van der Waals surface area contributed by atoms with Crippen LogP contribution in [0, 0.1) is 5.92 Å². The average Bonchev–Trinajstić information content (AvgIpc) is 2.24. The van der Waals surface area contributed by atoms with Gasteiger partial charge in [-0.1, -0.05) is 26.0 Å². The standard InChI is InChI=1S/C12H19NO3S/c1-10(2)9-16-7-8-17(14,15)12-6-4-3-5-11(12)13/h3-6,10H,7-9,13H2,1-2H3. The summed E-state index contributed by atoms with van der Waals surface area (Å²) in [6, 6.07) is 6.48. The SMILES string of the molecule is CC(C)COCCS(=O)(=O)c1ccccc1N. The largest absolute Gasteiger partial charge is 0.398 e. The molecule has 0 amide bonds. The van der Waals surface area contributed by atoms with Gasteiger partial charge < -0.3 is 10.5 Å². The van der Waals surface area contributed by atoms with E-state index in [1.807, 2.05) is 13.8 Å². The van der Waals surface area contributed by atoms with Crippen LogP contribution < -0.4 is 5.73 Å². The normalized spacial score (nSPS) is 11.9. The van der Waals surface area contributed by atoms with Crippen molar-refractivity contribution in [1.29, 1.82) is 0 Å². The van der Waals surface area contributed by atoms with Gasteiger partial charge in [0.1, 0.15) is 0 Å². The number of nitrogen functional groups attached to an aromatic ring is 1. The Morgan fingerprint density at radius 3 is 2.53 bits per heavy atom. The number of hydrogen-bond donors (Lipinski definition) is 1. The molecule has 0 bridgehead atoms. The van der Waals surface area contributed by atoms with E-state index in [9.17, 15) is 8.42 Å². The molecule has 0 aromatic heterocycles. The number of anilines is 1. The van der Waals surface area contributed by atoms with Crippen LogP contribution in [0.3, 0.4) is 0 Å². The maximum atomic E-state index is 11.9. The second-order valence-corrected chi connectivity index (χ2v) is 6.40. The highest BCUT2D eigenvalue weighted by Crippen LogP contribution is 2.18. The van der Waals surface area contributed by atoms with Crippen LogP contribution in [0.2, 0.25) is 0 Å². The molecule has 1 aromatic carbocycles. The van der Waals surface area contributed by atoms with Gasteiger partial charge in [-0.3, -0.25) is 0 Å². The van der Waals surface area contributed by atoms with Gasteiger partial charge >= 0.3 is 0 Å². The van der Waals surface area contributed by atoms with Crippen molar-refractivity contribution in [3.63, 3.8) is 0 Å². The molecule has 0 saturated carbocycles. The predicted molar refractivity (Wildman–Crippen MR) is 68.6 cm³/mol. The lowest BCUT2D eigenvalue weighted by atomic mass is 10.2. The number of benzene rings is 1. The Labute approximate surface area is 103 Å². The van der Waals surface area contributed by atoms with Crippen LogP contribution in [0.4, 0.5) is 5.69 Å². The zero-order valence-electron chi connectivity index (χ0n) is 10.2. The first kappa shape index (κ1) is 14.0. The molecule has 0 aliphatic heterocycles. The van der Waals surface area contributed by atoms with Gasteiger partial charge in [-0.25, -0.2) is 8.42 Å². The molecular formula is C12H19NO3S. The zero-order chi connectivity index (χ0) is 12.9. The number of nitrogens with two attached hydrogens (primary N) is 1. The van der Waals surface area contributed by atoms with Gasteiger partial charge in [-0.05, 0) is 18.1 Å². The summed E-state index contributed by atoms with van der Waals surface area (Å²) >= 11 is 0. The van der Waals surface area contributed by atoms with Crippen LogP contribution in [-0.4, -0.2) is 27.4 Å². The van der Waals surface area contributed by atoms with Crippen molar-refractivity contribution >= 4 is 15.5 Å². The molecule has 1 rings (SSSR count). The molecule has 0 radical (unpaired) electrons. The summed E-state index contributed by atoms with van der Waals surface area (Å²) < 4.78 is 29.1. The molecule has 0 fully saturated rings. The van der Waals surface area contributed by atoms with E-state index in [1.54, 1.807) is 18.2 Å². The fourth-order valence-corrected chi connectivity index (χ4v) is 2.63. The highest BCUT2D eigenvalue weighted by Gasteiger charge is 2.16. The van der Waals surface area contributed by atoms with Crippen molar-refractivity contribution in [2.24, 2.45) is 5.92 Å². The summed E-state index contributed by atoms with van der Waals surface area (Å²) in [6.45, 7) is 4.81. The molecule has 0 atom stereocenters. The molecule has 2 N–H and O–H groups in total. The van der Waals surface area contributed by atoms with Crippen molar-refractivity contribution in [2.75, 3.05) is 24.7 Å². The maximum Gasteiger partial charge on any atom is 0.182 e. The Balaban J connectivity index is 2.61. The second kappa shape index (κ2) is 6.02. The van der Waals surface area contributed by atoms with Gasteiger partial charge in [0.25, 0.3) is 0 Å². The molecule has 4 nitrogen and oxygen atoms in total. The Morgan fingerprint density at radius 2 is 1.94 bits per heavy atom. The topological polar surface area (TPSA) is 69.4 Å². The van der Waals surface area contributed by atoms with E-state index in [-0.39, 0.29) is 22.9 Å². The van der Waals surface area contributed by atoms with Crippen molar-refractivity contribution in [3.8, 4) is 0 Å². The molecule has 0 aliphatic rings. The lowest BCUT2D eigenvalue weighted by Crippen LogP contribution is -2.15. The van der Waals surface area contributed by atoms with Gasteiger partial charge in [0.2, 0.25) is 0 Å². The summed E-state index contributed by atoms with van der Waals surface area (Å²) in [5, 5.41) is 0. The average molecular weight is 257 g/mol. The minimum Gasteiger partial charge on any atom is -0.398 e. The van der Waals surface area contributed by atoms with Gasteiger partial charge in [0.05, 0.1) is 22.9 Å².